The number of hydrogen-bond acceptors (Lipinski definition) is 4. The third-order valence-electron chi connectivity index (χ3n) is 4.74. The van der Waals surface area contributed by atoms with Gasteiger partial charge < -0.3 is 10.1 Å². The van der Waals surface area contributed by atoms with E-state index in [9.17, 15) is 4.39 Å². The molecule has 1 aliphatic rings. The van der Waals surface area contributed by atoms with E-state index in [-0.39, 0.29) is 17.9 Å². The lowest BCUT2D eigenvalue weighted by Gasteiger charge is -2.20. The first kappa shape index (κ1) is 17.0. The molecule has 3 rings (SSSR count). The van der Waals surface area contributed by atoms with Gasteiger partial charge in [0.05, 0.1) is 17.6 Å². The van der Waals surface area contributed by atoms with Crippen molar-refractivity contribution >= 4 is 0 Å². The Balaban J connectivity index is 1.70. The lowest BCUT2D eigenvalue weighted by molar-refractivity contribution is 0.0844. The smallest absolute Gasteiger partial charge is 0.141 e. The highest BCUT2D eigenvalue weighted by Crippen LogP contribution is 2.28. The molecule has 0 aromatic carbocycles. The molecule has 0 amide bonds. The number of halogens is 1. The molecule has 0 spiro atoms. The summed E-state index contributed by atoms with van der Waals surface area (Å²) in [5, 5.41) is 8.20. The van der Waals surface area contributed by atoms with Crippen LogP contribution in [-0.2, 0) is 11.8 Å². The molecule has 3 heterocycles. The Morgan fingerprint density at radius 1 is 1.21 bits per heavy atom. The summed E-state index contributed by atoms with van der Waals surface area (Å²) in [5.74, 6) is 0.173. The number of hydrogen-bond donors (Lipinski definition) is 1. The SMILES string of the molecule is CC(N[C@@H](C)c1cncc(F)c1)c1cc(C2CCOCC2)nn1C. The summed E-state index contributed by atoms with van der Waals surface area (Å²) in [6, 6.07) is 3.82. The second kappa shape index (κ2) is 7.40. The maximum absolute atomic E-state index is 13.3. The van der Waals surface area contributed by atoms with E-state index in [4.69, 9.17) is 9.84 Å². The maximum Gasteiger partial charge on any atom is 0.141 e. The fourth-order valence-electron chi connectivity index (χ4n) is 3.32. The van der Waals surface area contributed by atoms with Crippen LogP contribution < -0.4 is 5.32 Å². The Bertz CT molecular complexity index is 681. The van der Waals surface area contributed by atoms with Gasteiger partial charge in [0.2, 0.25) is 0 Å². The average molecular weight is 332 g/mol. The molecule has 2 atom stereocenters. The van der Waals surface area contributed by atoms with Crippen LogP contribution in [0.1, 0.15) is 61.6 Å². The van der Waals surface area contributed by atoms with E-state index >= 15 is 0 Å². The number of nitrogens with zero attached hydrogens (tertiary/aromatic N) is 3. The first-order chi connectivity index (χ1) is 11.5. The predicted octanol–water partition coefficient (Wildman–Crippen LogP) is 3.26. The van der Waals surface area contributed by atoms with E-state index in [0.29, 0.717) is 5.92 Å². The van der Waals surface area contributed by atoms with Crippen molar-refractivity contribution in [3.05, 3.63) is 47.3 Å². The van der Waals surface area contributed by atoms with Gasteiger partial charge >= 0.3 is 0 Å². The highest BCUT2D eigenvalue weighted by atomic mass is 19.1. The summed E-state index contributed by atoms with van der Waals surface area (Å²) in [6.45, 7) is 5.75. The van der Waals surface area contributed by atoms with Gasteiger partial charge in [-0.1, -0.05) is 0 Å². The van der Waals surface area contributed by atoms with Crippen LogP contribution >= 0.6 is 0 Å². The molecular formula is C18H25FN4O. The second-order valence-electron chi connectivity index (χ2n) is 6.55. The number of aryl methyl sites for hydroxylation is 1. The lowest BCUT2D eigenvalue weighted by Crippen LogP contribution is -2.24. The Morgan fingerprint density at radius 3 is 2.67 bits per heavy atom. The van der Waals surface area contributed by atoms with E-state index < -0.39 is 0 Å². The molecule has 1 unspecified atom stereocenters. The molecule has 5 nitrogen and oxygen atoms in total. The third kappa shape index (κ3) is 3.82. The Kier molecular flexibility index (Phi) is 5.26. The zero-order chi connectivity index (χ0) is 17.1. The Hall–Kier alpha value is -1.79. The second-order valence-corrected chi connectivity index (χ2v) is 6.55. The van der Waals surface area contributed by atoms with Crippen LogP contribution in [0.2, 0.25) is 0 Å². The summed E-state index contributed by atoms with van der Waals surface area (Å²) in [6.07, 6.45) is 4.98. The van der Waals surface area contributed by atoms with Crippen LogP contribution in [0.4, 0.5) is 4.39 Å². The van der Waals surface area contributed by atoms with Crippen LogP contribution in [0.3, 0.4) is 0 Å². The van der Waals surface area contributed by atoms with Crippen LogP contribution in [0.15, 0.2) is 24.5 Å². The van der Waals surface area contributed by atoms with Gasteiger partial charge in [-0.05, 0) is 44.4 Å². The van der Waals surface area contributed by atoms with Crippen molar-refractivity contribution in [2.75, 3.05) is 13.2 Å². The zero-order valence-electron chi connectivity index (χ0n) is 14.5. The fourth-order valence-corrected chi connectivity index (χ4v) is 3.32. The number of aromatic nitrogens is 3. The van der Waals surface area contributed by atoms with Crippen molar-refractivity contribution in [1.29, 1.82) is 0 Å². The predicted molar refractivity (Wildman–Crippen MR) is 90.2 cm³/mol. The topological polar surface area (TPSA) is 52.0 Å². The number of nitrogens with one attached hydrogen (secondary N) is 1. The van der Waals surface area contributed by atoms with Crippen molar-refractivity contribution in [2.24, 2.45) is 7.05 Å². The molecule has 24 heavy (non-hydrogen) atoms. The van der Waals surface area contributed by atoms with Gasteiger partial charge in [0.15, 0.2) is 0 Å². The molecule has 1 fully saturated rings. The van der Waals surface area contributed by atoms with Crippen molar-refractivity contribution in [2.45, 2.75) is 44.7 Å². The summed E-state index contributed by atoms with van der Waals surface area (Å²) in [4.78, 5) is 3.92. The molecule has 1 saturated heterocycles. The lowest BCUT2D eigenvalue weighted by atomic mass is 9.96. The van der Waals surface area contributed by atoms with E-state index in [0.717, 1.165) is 43.0 Å². The quantitative estimate of drug-likeness (QED) is 0.913. The molecular weight excluding hydrogens is 307 g/mol. The minimum Gasteiger partial charge on any atom is -0.381 e. The molecule has 0 aliphatic carbocycles. The first-order valence-electron chi connectivity index (χ1n) is 8.52. The highest BCUT2D eigenvalue weighted by molar-refractivity contribution is 5.19. The molecule has 0 bridgehead atoms. The minimum atomic E-state index is -0.309. The van der Waals surface area contributed by atoms with Gasteiger partial charge in [-0.25, -0.2) is 4.39 Å². The molecule has 6 heteroatoms. The van der Waals surface area contributed by atoms with E-state index in [2.05, 4.69) is 23.3 Å². The summed E-state index contributed by atoms with van der Waals surface area (Å²) < 4.78 is 20.7. The largest absolute Gasteiger partial charge is 0.381 e. The Labute approximate surface area is 142 Å². The van der Waals surface area contributed by atoms with Crippen molar-refractivity contribution in [3.8, 4) is 0 Å². The summed E-state index contributed by atoms with van der Waals surface area (Å²) >= 11 is 0. The average Bonchev–Trinajstić information content (AvgIpc) is 2.97. The van der Waals surface area contributed by atoms with Crippen LogP contribution in [0.5, 0.6) is 0 Å². The van der Waals surface area contributed by atoms with Gasteiger partial charge in [0, 0.05) is 44.5 Å². The molecule has 130 valence electrons. The standard InChI is InChI=1S/C18H25FN4O/c1-12(15-8-16(19)11-20-10-15)21-13(2)18-9-17(22-23(18)3)14-4-6-24-7-5-14/h8-14,21H,4-7H2,1-3H3/t12-,13?/m0/s1. The Morgan fingerprint density at radius 2 is 1.96 bits per heavy atom. The van der Waals surface area contributed by atoms with Crippen molar-refractivity contribution in [3.63, 3.8) is 0 Å². The maximum atomic E-state index is 13.3. The van der Waals surface area contributed by atoms with E-state index in [1.165, 1.54) is 12.3 Å². The number of pyridine rings is 1. The molecule has 1 aliphatic heterocycles. The van der Waals surface area contributed by atoms with Crippen LogP contribution in [0, 0.1) is 5.82 Å². The summed E-state index contributed by atoms with van der Waals surface area (Å²) in [7, 11) is 1.98. The van der Waals surface area contributed by atoms with E-state index in [1.54, 1.807) is 6.20 Å². The third-order valence-corrected chi connectivity index (χ3v) is 4.74. The highest BCUT2D eigenvalue weighted by Gasteiger charge is 2.22. The monoisotopic (exact) mass is 332 g/mol. The number of rotatable bonds is 5. The molecule has 2 aromatic heterocycles. The minimum absolute atomic E-state index is 0.00429. The van der Waals surface area contributed by atoms with Gasteiger partial charge in [0.25, 0.3) is 0 Å². The molecule has 0 saturated carbocycles. The molecule has 2 aromatic rings. The first-order valence-corrected chi connectivity index (χ1v) is 8.52. The van der Waals surface area contributed by atoms with Crippen molar-refractivity contribution < 1.29 is 9.13 Å². The molecule has 1 N–H and O–H groups in total. The van der Waals surface area contributed by atoms with Crippen LogP contribution in [0.25, 0.3) is 0 Å². The van der Waals surface area contributed by atoms with Crippen molar-refractivity contribution in [1.82, 2.24) is 20.1 Å². The fraction of sp³-hybridized carbons (Fsp3) is 0.556. The summed E-state index contributed by atoms with van der Waals surface area (Å²) in [5.41, 5.74) is 3.12. The zero-order valence-corrected chi connectivity index (χ0v) is 14.5. The van der Waals surface area contributed by atoms with Gasteiger partial charge in [0.1, 0.15) is 5.82 Å². The van der Waals surface area contributed by atoms with Gasteiger partial charge in [-0.15, -0.1) is 0 Å². The normalized spacial score (nSPS) is 18.5. The van der Waals surface area contributed by atoms with Crippen LogP contribution in [-0.4, -0.2) is 28.0 Å². The van der Waals surface area contributed by atoms with E-state index in [1.807, 2.05) is 18.7 Å². The van der Waals surface area contributed by atoms with Gasteiger partial charge in [-0.2, -0.15) is 5.10 Å². The molecule has 0 radical (unpaired) electrons. The van der Waals surface area contributed by atoms with Gasteiger partial charge in [-0.3, -0.25) is 9.67 Å². The number of ether oxygens (including phenoxy) is 1.